The lowest BCUT2D eigenvalue weighted by Crippen LogP contribution is -2.60. The predicted octanol–water partition coefficient (Wildman–Crippen LogP) is 0.162. The lowest BCUT2D eigenvalue weighted by molar-refractivity contribution is -0.277. The molecule has 0 bridgehead atoms. The van der Waals surface area contributed by atoms with Crippen LogP contribution in [-0.4, -0.2) is 64.5 Å². The molecule has 0 aliphatic carbocycles. The van der Waals surface area contributed by atoms with Crippen LogP contribution in [0.25, 0.3) is 21.7 Å². The molecular weight excluding hydrogens is 412 g/mol. The first kappa shape index (κ1) is 20.0. The second kappa shape index (κ2) is 7.36. The summed E-state index contributed by atoms with van der Waals surface area (Å²) in [5.74, 6) is 1.23. The van der Waals surface area contributed by atoms with Gasteiger partial charge in [0.1, 0.15) is 35.7 Å². The van der Waals surface area contributed by atoms with Crippen LogP contribution in [0.5, 0.6) is 17.2 Å². The van der Waals surface area contributed by atoms with Crippen molar-refractivity contribution in [2.45, 2.75) is 37.6 Å². The molecule has 2 aliphatic rings. The van der Waals surface area contributed by atoms with Crippen LogP contribution in [0.2, 0.25) is 0 Å². The summed E-state index contributed by atoms with van der Waals surface area (Å²) in [6, 6.07) is 6.60. The van der Waals surface area contributed by atoms with Gasteiger partial charge in [0, 0.05) is 16.3 Å². The van der Waals surface area contributed by atoms with Gasteiger partial charge >= 0.3 is 5.63 Å². The summed E-state index contributed by atoms with van der Waals surface area (Å²) < 4.78 is 27.4. The van der Waals surface area contributed by atoms with Gasteiger partial charge in [0.25, 0.3) is 0 Å². The van der Waals surface area contributed by atoms with E-state index in [4.69, 9.17) is 23.4 Å². The maximum absolute atomic E-state index is 12.6. The zero-order valence-electron chi connectivity index (χ0n) is 16.3. The van der Waals surface area contributed by atoms with E-state index in [1.807, 2.05) is 0 Å². The molecular formula is C21H20O10. The summed E-state index contributed by atoms with van der Waals surface area (Å²) in [6.45, 7) is 1.17. The van der Waals surface area contributed by atoms with Crippen molar-refractivity contribution in [3.63, 3.8) is 0 Å². The van der Waals surface area contributed by atoms with E-state index in [0.717, 1.165) is 0 Å². The highest BCUT2D eigenvalue weighted by atomic mass is 16.7. The molecule has 1 fully saturated rings. The number of aliphatic hydroxyl groups is 4. The maximum atomic E-state index is 12.6. The number of hydrogen-bond acceptors (Lipinski definition) is 10. The fourth-order valence-electron chi connectivity index (χ4n) is 3.92. The number of hydrogen-bond donors (Lipinski definition) is 4. The van der Waals surface area contributed by atoms with Crippen molar-refractivity contribution in [3.05, 3.63) is 40.2 Å². The average molecular weight is 432 g/mol. The topological polar surface area (TPSA) is 148 Å². The van der Waals surface area contributed by atoms with Crippen LogP contribution in [0.1, 0.15) is 5.56 Å². The van der Waals surface area contributed by atoms with E-state index in [1.165, 1.54) is 0 Å². The fraction of sp³-hybridized carbons (Fsp3) is 0.381. The number of benzene rings is 2. The van der Waals surface area contributed by atoms with Crippen LogP contribution in [-0.2, 0) is 4.74 Å². The molecule has 5 rings (SSSR count). The summed E-state index contributed by atoms with van der Waals surface area (Å²) in [5.41, 5.74) is 0.179. The van der Waals surface area contributed by atoms with E-state index in [-0.39, 0.29) is 18.1 Å². The Labute approximate surface area is 174 Å². The minimum atomic E-state index is -1.57. The summed E-state index contributed by atoms with van der Waals surface area (Å²) in [7, 11) is 0. The Bertz CT molecular complexity index is 1220. The van der Waals surface area contributed by atoms with Gasteiger partial charge in [-0.15, -0.1) is 0 Å². The van der Waals surface area contributed by atoms with Crippen molar-refractivity contribution in [1.29, 1.82) is 0 Å². The summed E-state index contributed by atoms with van der Waals surface area (Å²) in [5, 5.41) is 41.1. The molecule has 0 spiro atoms. The van der Waals surface area contributed by atoms with Crippen LogP contribution in [0.15, 0.2) is 33.5 Å². The van der Waals surface area contributed by atoms with Crippen LogP contribution < -0.4 is 19.8 Å². The monoisotopic (exact) mass is 432 g/mol. The van der Waals surface area contributed by atoms with E-state index in [0.29, 0.717) is 33.2 Å². The zero-order chi connectivity index (χ0) is 21.9. The largest absolute Gasteiger partial charge is 0.462 e. The van der Waals surface area contributed by atoms with E-state index in [2.05, 4.69) is 0 Å². The highest BCUT2D eigenvalue weighted by molar-refractivity contribution is 6.06. The Morgan fingerprint density at radius 1 is 1.00 bits per heavy atom. The lowest BCUT2D eigenvalue weighted by atomic mass is 9.99. The molecule has 1 saturated heterocycles. The Kier molecular flexibility index (Phi) is 4.76. The van der Waals surface area contributed by atoms with Crippen LogP contribution in [0.3, 0.4) is 0 Å². The molecule has 0 saturated carbocycles. The van der Waals surface area contributed by atoms with Crippen molar-refractivity contribution >= 4 is 21.7 Å². The maximum Gasteiger partial charge on any atom is 0.344 e. The Morgan fingerprint density at radius 3 is 2.42 bits per heavy atom. The van der Waals surface area contributed by atoms with E-state index in [9.17, 15) is 25.2 Å². The van der Waals surface area contributed by atoms with Gasteiger partial charge in [-0.3, -0.25) is 0 Å². The minimum absolute atomic E-state index is 0.0744. The molecule has 10 heteroatoms. The Morgan fingerprint density at radius 2 is 1.71 bits per heavy atom. The van der Waals surface area contributed by atoms with Gasteiger partial charge in [0.15, 0.2) is 11.5 Å². The van der Waals surface area contributed by atoms with Gasteiger partial charge < -0.3 is 43.8 Å². The van der Waals surface area contributed by atoms with Crippen molar-refractivity contribution in [3.8, 4) is 17.2 Å². The Hall–Kier alpha value is -2.89. The number of aryl methyl sites for hydroxylation is 1. The third-order valence-corrected chi connectivity index (χ3v) is 5.67. The third kappa shape index (κ3) is 3.11. The molecule has 2 aliphatic heterocycles. The molecule has 0 amide bonds. The van der Waals surface area contributed by atoms with Gasteiger partial charge in [-0.25, -0.2) is 4.79 Å². The summed E-state index contributed by atoms with van der Waals surface area (Å²) in [6.07, 6.45) is -7.07. The normalized spacial score (nSPS) is 27.7. The predicted molar refractivity (Wildman–Crippen MR) is 105 cm³/mol. The molecule has 0 radical (unpaired) electrons. The average Bonchev–Trinajstić information content (AvgIpc) is 3.23. The van der Waals surface area contributed by atoms with E-state index >= 15 is 0 Å². The molecule has 1 aromatic heterocycles. The van der Waals surface area contributed by atoms with Gasteiger partial charge in [0.2, 0.25) is 13.1 Å². The third-order valence-electron chi connectivity index (χ3n) is 5.67. The highest BCUT2D eigenvalue weighted by Gasteiger charge is 2.44. The molecule has 31 heavy (non-hydrogen) atoms. The first-order valence-corrected chi connectivity index (χ1v) is 9.66. The molecule has 3 aromatic rings. The molecule has 5 atom stereocenters. The molecule has 164 valence electrons. The van der Waals surface area contributed by atoms with Crippen molar-refractivity contribution in [1.82, 2.24) is 0 Å². The SMILES string of the molecule is Cc1c(O[C@@H]2O[C@H](CO)[C@@H](O)[C@H](O)[C@H]2O)ccc2c1oc(=O)c1cc3c(cc12)OCO3. The van der Waals surface area contributed by atoms with Crippen LogP contribution in [0.4, 0.5) is 0 Å². The standard InChI is InChI=1S/C21H20O10/c1-8-12(29-21-18(25)17(24)16(23)15(6-22)30-21)3-2-9-10-4-13-14(28-7-27-13)5-11(10)20(26)31-19(8)9/h2-5,15-18,21-25H,6-7H2,1H3/t15-,16-,17+,18-,21-/m1/s1. The Balaban J connectivity index is 1.57. The van der Waals surface area contributed by atoms with Crippen molar-refractivity contribution < 1.29 is 43.8 Å². The first-order chi connectivity index (χ1) is 14.9. The van der Waals surface area contributed by atoms with Crippen molar-refractivity contribution in [2.24, 2.45) is 0 Å². The number of ether oxygens (including phenoxy) is 4. The quantitative estimate of drug-likeness (QED) is 0.333. The van der Waals surface area contributed by atoms with Crippen molar-refractivity contribution in [2.75, 3.05) is 13.4 Å². The summed E-state index contributed by atoms with van der Waals surface area (Å²) in [4.78, 5) is 12.6. The number of rotatable bonds is 3. The highest BCUT2D eigenvalue weighted by Crippen LogP contribution is 2.39. The smallest absolute Gasteiger partial charge is 0.344 e. The van der Waals surface area contributed by atoms with Crippen LogP contribution >= 0.6 is 0 Å². The summed E-state index contributed by atoms with van der Waals surface area (Å²) >= 11 is 0. The molecule has 10 nitrogen and oxygen atoms in total. The second-order valence-electron chi connectivity index (χ2n) is 7.52. The number of aliphatic hydroxyl groups excluding tert-OH is 4. The van der Waals surface area contributed by atoms with E-state index < -0.39 is 42.9 Å². The van der Waals surface area contributed by atoms with E-state index in [1.54, 1.807) is 31.2 Å². The van der Waals surface area contributed by atoms with Gasteiger partial charge in [0.05, 0.1) is 12.0 Å². The molecule has 3 heterocycles. The van der Waals surface area contributed by atoms with Crippen LogP contribution in [0, 0.1) is 6.92 Å². The molecule has 2 aromatic carbocycles. The lowest BCUT2D eigenvalue weighted by Gasteiger charge is -2.39. The molecule has 0 unspecified atom stereocenters. The first-order valence-electron chi connectivity index (χ1n) is 9.66. The minimum Gasteiger partial charge on any atom is -0.462 e. The second-order valence-corrected chi connectivity index (χ2v) is 7.52. The van der Waals surface area contributed by atoms with Gasteiger partial charge in [-0.2, -0.15) is 0 Å². The molecule has 4 N–H and O–H groups in total. The van der Waals surface area contributed by atoms with Gasteiger partial charge in [-0.05, 0) is 31.2 Å². The fourth-order valence-corrected chi connectivity index (χ4v) is 3.92. The van der Waals surface area contributed by atoms with Gasteiger partial charge in [-0.1, -0.05) is 0 Å². The number of fused-ring (bicyclic) bond motifs is 4. The zero-order valence-corrected chi connectivity index (χ0v) is 16.3.